The van der Waals surface area contributed by atoms with Crippen LogP contribution in [-0.4, -0.2) is 19.6 Å². The van der Waals surface area contributed by atoms with Crippen LogP contribution >= 0.6 is 0 Å². The van der Waals surface area contributed by atoms with Crippen LogP contribution in [0.15, 0.2) is 121 Å². The summed E-state index contributed by atoms with van der Waals surface area (Å²) in [5.74, 6) is 1.24. The van der Waals surface area contributed by atoms with Gasteiger partial charge in [-0.25, -0.2) is 4.98 Å². The zero-order valence-corrected chi connectivity index (χ0v) is 31.9. The molecule has 5 nitrogen and oxygen atoms in total. The number of hydrogen-bond donors (Lipinski definition) is 1. The van der Waals surface area contributed by atoms with Gasteiger partial charge in [0.05, 0.1) is 22.3 Å². The summed E-state index contributed by atoms with van der Waals surface area (Å²) >= 11 is 0. The number of rotatable bonds is 5. The van der Waals surface area contributed by atoms with Crippen LogP contribution in [0.1, 0.15) is 52.7 Å². The Kier molecular flexibility index (Phi) is 9.60. The Hall–Kier alpha value is -5.30. The minimum Gasteiger partial charge on any atom is -0.507 e. The number of phenolic OH excluding ortho intramolecular Hbond substituents is 1. The first-order chi connectivity index (χ1) is 23.9. The van der Waals surface area contributed by atoms with Gasteiger partial charge in [-0.3, -0.25) is 4.57 Å². The monoisotopic (exact) mass is 846 g/mol. The van der Waals surface area contributed by atoms with Crippen molar-refractivity contribution in [2.75, 3.05) is 0 Å². The predicted octanol–water partition coefficient (Wildman–Crippen LogP) is 11.7. The zero-order chi connectivity index (χ0) is 35.2. The van der Waals surface area contributed by atoms with Crippen LogP contribution in [0, 0.1) is 12.6 Å². The standard InChI is InChI=1S/C45H39N4O.Pt/c1-44(2,3)33-27-36(42(50)37(28-33)45(4,5)6)43-48-41-35(20-14-22-39(41)49(43)34-18-12-9-13-19-34)31-24-30(29-16-10-8-11-17-29)25-32(26-31)38-21-15-23-40(46-7)47-38;/h8-25,27-28,50H,1-6H3;/q-1;. The second-order valence-corrected chi connectivity index (χ2v) is 14.8. The Morgan fingerprint density at radius 1 is 0.667 bits per heavy atom. The molecular weight excluding hydrogens is 808 g/mol. The maximum Gasteiger partial charge on any atom is 0.262 e. The quantitative estimate of drug-likeness (QED) is 0.176. The van der Waals surface area contributed by atoms with Gasteiger partial charge in [-0.2, -0.15) is 4.98 Å². The predicted molar refractivity (Wildman–Crippen MR) is 205 cm³/mol. The summed E-state index contributed by atoms with van der Waals surface area (Å²) in [6, 6.07) is 44.2. The molecule has 6 heteroatoms. The number of aromatic hydroxyl groups is 1. The van der Waals surface area contributed by atoms with Crippen LogP contribution < -0.4 is 0 Å². The minimum absolute atomic E-state index is 0. The summed E-state index contributed by atoms with van der Waals surface area (Å²) in [6.45, 7) is 20.5. The van der Waals surface area contributed by atoms with E-state index in [0.717, 1.165) is 55.7 Å². The molecule has 0 fully saturated rings. The van der Waals surface area contributed by atoms with E-state index in [-0.39, 0.29) is 37.6 Å². The van der Waals surface area contributed by atoms with E-state index >= 15 is 0 Å². The van der Waals surface area contributed by atoms with E-state index in [4.69, 9.17) is 11.6 Å². The van der Waals surface area contributed by atoms with E-state index in [0.29, 0.717) is 22.9 Å². The van der Waals surface area contributed by atoms with E-state index in [2.05, 4.69) is 129 Å². The van der Waals surface area contributed by atoms with E-state index in [1.807, 2.05) is 48.5 Å². The number of fused-ring (bicyclic) bond motifs is 1. The number of nitrogens with zero attached hydrogens (tertiary/aromatic N) is 4. The number of imidazole rings is 1. The molecule has 7 aromatic rings. The molecule has 51 heavy (non-hydrogen) atoms. The van der Waals surface area contributed by atoms with Crippen LogP contribution in [0.4, 0.5) is 5.82 Å². The van der Waals surface area contributed by atoms with Crippen molar-refractivity contribution in [3.05, 3.63) is 150 Å². The fraction of sp³-hybridized carbons (Fsp3) is 0.178. The van der Waals surface area contributed by atoms with Gasteiger partial charge in [-0.05, 0) is 58.4 Å². The minimum atomic E-state index is -0.295. The van der Waals surface area contributed by atoms with Crippen molar-refractivity contribution in [3.63, 3.8) is 0 Å². The van der Waals surface area contributed by atoms with E-state index in [1.54, 1.807) is 6.07 Å². The largest absolute Gasteiger partial charge is 0.507 e. The van der Waals surface area contributed by atoms with Gasteiger partial charge >= 0.3 is 0 Å². The third kappa shape index (κ3) is 6.90. The molecule has 0 aliphatic heterocycles. The van der Waals surface area contributed by atoms with Crippen LogP contribution in [-0.2, 0) is 31.9 Å². The van der Waals surface area contributed by atoms with E-state index in [1.165, 1.54) is 0 Å². The first kappa shape index (κ1) is 35.5. The average molecular weight is 847 g/mol. The summed E-state index contributed by atoms with van der Waals surface area (Å²) in [6.07, 6.45) is 0. The number of phenols is 1. The van der Waals surface area contributed by atoms with Gasteiger partial charge in [0.2, 0.25) is 0 Å². The summed E-state index contributed by atoms with van der Waals surface area (Å²) in [7, 11) is 0. The van der Waals surface area contributed by atoms with Gasteiger partial charge in [-0.1, -0.05) is 138 Å². The molecule has 2 heterocycles. The Morgan fingerprint density at radius 2 is 1.33 bits per heavy atom. The van der Waals surface area contributed by atoms with Gasteiger partial charge in [0.25, 0.3) is 5.82 Å². The molecule has 0 saturated heterocycles. The summed E-state index contributed by atoms with van der Waals surface area (Å²) in [5, 5.41) is 12.0. The van der Waals surface area contributed by atoms with Gasteiger partial charge in [0.1, 0.15) is 11.6 Å². The summed E-state index contributed by atoms with van der Waals surface area (Å²) in [4.78, 5) is 13.6. The van der Waals surface area contributed by atoms with Crippen LogP contribution in [0.5, 0.6) is 5.75 Å². The molecule has 0 atom stereocenters. The van der Waals surface area contributed by atoms with Crippen molar-refractivity contribution in [3.8, 4) is 56.3 Å². The molecule has 0 aliphatic carbocycles. The van der Waals surface area contributed by atoms with Crippen LogP contribution in [0.3, 0.4) is 0 Å². The van der Waals surface area contributed by atoms with Gasteiger partial charge in [0, 0.05) is 32.3 Å². The van der Waals surface area contributed by atoms with Gasteiger partial charge in [0.15, 0.2) is 0 Å². The molecule has 256 valence electrons. The fourth-order valence-electron chi connectivity index (χ4n) is 6.43. The van der Waals surface area contributed by atoms with Gasteiger partial charge < -0.3 is 9.95 Å². The van der Waals surface area contributed by atoms with Crippen molar-refractivity contribution in [1.29, 1.82) is 0 Å². The smallest absolute Gasteiger partial charge is 0.262 e. The zero-order valence-electron chi connectivity index (χ0n) is 29.6. The van der Waals surface area contributed by atoms with Crippen LogP contribution in [0.2, 0.25) is 0 Å². The maximum atomic E-state index is 12.0. The Labute approximate surface area is 314 Å². The molecule has 0 spiro atoms. The SMILES string of the molecule is [C-]#[N+]c1cccc(-c2[c-]c(-c3cccc4c3nc(-c3cc(C(C)(C)C)cc(C(C)(C)C)c3O)n4-c3ccccc3)cc(-c3ccccc3)c2)n1.[Pt]. The third-order valence-electron chi connectivity index (χ3n) is 9.12. The Balaban J connectivity index is 0.00000448. The topological polar surface area (TPSA) is 55.3 Å². The molecule has 2 aromatic heterocycles. The number of pyridine rings is 1. The van der Waals surface area contributed by atoms with Crippen LogP contribution in [0.25, 0.3) is 66.5 Å². The molecule has 0 radical (unpaired) electrons. The molecule has 0 unspecified atom stereocenters. The average Bonchev–Trinajstić information content (AvgIpc) is 3.51. The Morgan fingerprint density at radius 3 is 2.00 bits per heavy atom. The molecule has 0 saturated carbocycles. The number of para-hydroxylation sites is 2. The van der Waals surface area contributed by atoms with E-state index < -0.39 is 0 Å². The molecular formula is C45H39N4OPt-. The third-order valence-corrected chi connectivity index (χ3v) is 9.12. The molecule has 1 N–H and O–H groups in total. The van der Waals surface area contributed by atoms with E-state index in [9.17, 15) is 5.11 Å². The van der Waals surface area contributed by atoms with Crippen molar-refractivity contribution < 1.29 is 26.2 Å². The first-order valence-corrected chi connectivity index (χ1v) is 16.9. The Bertz CT molecular complexity index is 2410. The number of hydrogen-bond acceptors (Lipinski definition) is 3. The molecule has 7 rings (SSSR count). The van der Waals surface area contributed by atoms with Crippen molar-refractivity contribution in [1.82, 2.24) is 14.5 Å². The summed E-state index contributed by atoms with van der Waals surface area (Å²) < 4.78 is 2.15. The molecule has 0 bridgehead atoms. The fourth-order valence-corrected chi connectivity index (χ4v) is 6.43. The molecule has 5 aromatic carbocycles. The van der Waals surface area contributed by atoms with Crippen molar-refractivity contribution >= 4 is 16.9 Å². The van der Waals surface area contributed by atoms with Crippen molar-refractivity contribution in [2.24, 2.45) is 0 Å². The van der Waals surface area contributed by atoms with Crippen molar-refractivity contribution in [2.45, 2.75) is 52.4 Å². The summed E-state index contributed by atoms with van der Waals surface area (Å²) in [5.41, 5.74) is 10.2. The molecule has 0 amide bonds. The maximum absolute atomic E-state index is 12.0. The second-order valence-electron chi connectivity index (χ2n) is 14.8. The second kappa shape index (κ2) is 13.8. The number of aromatic nitrogens is 3. The normalized spacial score (nSPS) is 11.6. The molecule has 0 aliphatic rings. The number of benzene rings is 5. The van der Waals surface area contributed by atoms with Gasteiger partial charge in [-0.15, -0.1) is 23.8 Å². The first-order valence-electron chi connectivity index (χ1n) is 16.9.